The van der Waals surface area contributed by atoms with Crippen LogP contribution < -0.4 is 10.1 Å². The molecule has 0 aromatic carbocycles. The van der Waals surface area contributed by atoms with Gasteiger partial charge in [0.05, 0.1) is 0 Å². The minimum absolute atomic E-state index is 0.0638. The minimum Gasteiger partial charge on any atom is -0.464 e. The normalized spacial score (nSPS) is 13.5. The predicted molar refractivity (Wildman–Crippen MR) is 58.2 cm³/mol. The summed E-state index contributed by atoms with van der Waals surface area (Å²) in [6.45, 7) is 1.43. The van der Waals surface area contributed by atoms with Crippen LogP contribution in [0.2, 0.25) is 5.02 Å². The van der Waals surface area contributed by atoms with Crippen molar-refractivity contribution >= 4 is 11.6 Å². The summed E-state index contributed by atoms with van der Waals surface area (Å²) < 4.78 is 41.4. The number of nitrogens with one attached hydrogen (secondary N) is 1. The largest absolute Gasteiger partial charge is 0.464 e. The van der Waals surface area contributed by atoms with Gasteiger partial charge in [0.2, 0.25) is 5.88 Å². The second kappa shape index (κ2) is 5.55. The van der Waals surface area contributed by atoms with Gasteiger partial charge in [0, 0.05) is 12.7 Å². The average Bonchev–Trinajstić information content (AvgIpc) is 2.21. The van der Waals surface area contributed by atoms with Crippen molar-refractivity contribution < 1.29 is 17.9 Å². The fourth-order valence-corrected chi connectivity index (χ4v) is 1.32. The van der Waals surface area contributed by atoms with Crippen LogP contribution in [0.5, 0.6) is 5.88 Å². The Labute approximate surface area is 102 Å². The van der Waals surface area contributed by atoms with Crippen LogP contribution in [0.25, 0.3) is 0 Å². The maximum atomic E-state index is 12.3. The average molecular weight is 269 g/mol. The molecule has 0 saturated carbocycles. The minimum atomic E-state index is -4.44. The first-order valence-corrected chi connectivity index (χ1v) is 5.24. The van der Waals surface area contributed by atoms with Crippen LogP contribution in [0.15, 0.2) is 12.3 Å². The van der Waals surface area contributed by atoms with Crippen molar-refractivity contribution in [3.8, 4) is 5.88 Å². The third-order valence-electron chi connectivity index (χ3n) is 1.99. The van der Waals surface area contributed by atoms with Gasteiger partial charge in [-0.1, -0.05) is 11.6 Å². The molecule has 3 nitrogen and oxygen atoms in total. The molecule has 0 saturated heterocycles. The van der Waals surface area contributed by atoms with Gasteiger partial charge in [0.1, 0.15) is 5.02 Å². The van der Waals surface area contributed by atoms with Crippen molar-refractivity contribution in [1.82, 2.24) is 10.3 Å². The molecule has 0 amide bonds. The molecule has 0 fully saturated rings. The molecule has 96 valence electrons. The van der Waals surface area contributed by atoms with E-state index in [0.29, 0.717) is 6.54 Å². The van der Waals surface area contributed by atoms with Crippen molar-refractivity contribution in [1.29, 1.82) is 0 Å². The number of nitrogens with zero attached hydrogens (tertiary/aromatic N) is 1. The third kappa shape index (κ3) is 4.05. The highest BCUT2D eigenvalue weighted by Gasteiger charge is 2.38. The number of pyridine rings is 1. The van der Waals surface area contributed by atoms with E-state index in [0.717, 1.165) is 12.5 Å². The molecule has 1 unspecified atom stereocenters. The summed E-state index contributed by atoms with van der Waals surface area (Å²) in [5.41, 5.74) is 0.768. The zero-order valence-electron chi connectivity index (χ0n) is 9.31. The first kappa shape index (κ1) is 14.1. The second-order valence-electron chi connectivity index (χ2n) is 3.46. The van der Waals surface area contributed by atoms with Gasteiger partial charge in [-0.15, -0.1) is 0 Å². The maximum Gasteiger partial charge on any atom is 0.425 e. The molecule has 0 aliphatic rings. The molecule has 0 bridgehead atoms. The number of rotatable bonds is 4. The van der Waals surface area contributed by atoms with Crippen LogP contribution in [0.1, 0.15) is 12.5 Å². The molecule has 1 aromatic rings. The van der Waals surface area contributed by atoms with Gasteiger partial charge in [-0.05, 0) is 25.6 Å². The summed E-state index contributed by atoms with van der Waals surface area (Å²) in [6, 6.07) is 1.52. The number of alkyl halides is 3. The van der Waals surface area contributed by atoms with E-state index in [2.05, 4.69) is 15.0 Å². The zero-order valence-corrected chi connectivity index (χ0v) is 10.1. The fourth-order valence-electron chi connectivity index (χ4n) is 1.09. The van der Waals surface area contributed by atoms with Gasteiger partial charge in [-0.25, -0.2) is 4.98 Å². The van der Waals surface area contributed by atoms with Crippen LogP contribution in [-0.2, 0) is 6.54 Å². The van der Waals surface area contributed by atoms with E-state index in [4.69, 9.17) is 11.6 Å². The quantitative estimate of drug-likeness (QED) is 0.912. The highest BCUT2D eigenvalue weighted by molar-refractivity contribution is 6.31. The number of aromatic nitrogens is 1. The first-order valence-electron chi connectivity index (χ1n) is 4.87. The molecule has 17 heavy (non-hydrogen) atoms. The van der Waals surface area contributed by atoms with Gasteiger partial charge in [0.25, 0.3) is 0 Å². The summed E-state index contributed by atoms with van der Waals surface area (Å²) in [5.74, 6) is -0.212. The van der Waals surface area contributed by atoms with E-state index in [1.165, 1.54) is 12.3 Å². The van der Waals surface area contributed by atoms with Crippen LogP contribution in [0.3, 0.4) is 0 Å². The number of ether oxygens (including phenoxy) is 1. The van der Waals surface area contributed by atoms with Crippen molar-refractivity contribution in [2.75, 3.05) is 7.05 Å². The van der Waals surface area contributed by atoms with Crippen LogP contribution >= 0.6 is 11.6 Å². The Balaban J connectivity index is 2.79. The van der Waals surface area contributed by atoms with E-state index in [9.17, 15) is 13.2 Å². The highest BCUT2D eigenvalue weighted by atomic mass is 35.5. The Morgan fingerprint density at radius 3 is 2.65 bits per heavy atom. The Bertz CT molecular complexity index is 384. The molecule has 1 heterocycles. The van der Waals surface area contributed by atoms with Gasteiger partial charge < -0.3 is 10.1 Å². The van der Waals surface area contributed by atoms with Crippen molar-refractivity contribution in [3.05, 3.63) is 22.8 Å². The molecule has 7 heteroatoms. The van der Waals surface area contributed by atoms with Crippen molar-refractivity contribution in [2.45, 2.75) is 25.7 Å². The molecule has 1 rings (SSSR count). The number of hydrogen-bond donors (Lipinski definition) is 1. The van der Waals surface area contributed by atoms with Crippen LogP contribution in [0.4, 0.5) is 13.2 Å². The smallest absolute Gasteiger partial charge is 0.425 e. The highest BCUT2D eigenvalue weighted by Crippen LogP contribution is 2.28. The lowest BCUT2D eigenvalue weighted by atomic mass is 10.3. The van der Waals surface area contributed by atoms with Gasteiger partial charge in [-0.3, -0.25) is 0 Å². The molecule has 0 spiro atoms. The SMILES string of the molecule is CNCc1cnc(OC(C)C(F)(F)F)c(Cl)c1. The van der Waals surface area contributed by atoms with Crippen molar-refractivity contribution in [3.63, 3.8) is 0 Å². The lowest BCUT2D eigenvalue weighted by Gasteiger charge is -2.17. The fraction of sp³-hybridized carbons (Fsp3) is 0.500. The van der Waals surface area contributed by atoms with E-state index in [-0.39, 0.29) is 10.9 Å². The lowest BCUT2D eigenvalue weighted by Crippen LogP contribution is -2.31. The molecule has 1 atom stereocenters. The molecular formula is C10H12ClF3N2O. The Kier molecular flexibility index (Phi) is 4.59. The topological polar surface area (TPSA) is 34.2 Å². The van der Waals surface area contributed by atoms with Crippen LogP contribution in [0, 0.1) is 0 Å². The van der Waals surface area contributed by atoms with E-state index in [1.807, 2.05) is 0 Å². The summed E-state index contributed by atoms with van der Waals surface area (Å²) in [4.78, 5) is 3.76. The molecule has 0 aliphatic carbocycles. The molecule has 0 radical (unpaired) electrons. The number of hydrogen-bond acceptors (Lipinski definition) is 3. The van der Waals surface area contributed by atoms with E-state index in [1.54, 1.807) is 7.05 Å². The second-order valence-corrected chi connectivity index (χ2v) is 3.87. The predicted octanol–water partition coefficient (Wildman–Crippen LogP) is 2.78. The first-order chi connectivity index (χ1) is 7.84. The lowest BCUT2D eigenvalue weighted by molar-refractivity contribution is -0.189. The zero-order chi connectivity index (χ0) is 13.1. The van der Waals surface area contributed by atoms with E-state index >= 15 is 0 Å². The Morgan fingerprint density at radius 2 is 2.18 bits per heavy atom. The molecular weight excluding hydrogens is 257 g/mol. The van der Waals surface area contributed by atoms with Gasteiger partial charge in [0.15, 0.2) is 6.10 Å². The van der Waals surface area contributed by atoms with E-state index < -0.39 is 12.3 Å². The van der Waals surface area contributed by atoms with Crippen LogP contribution in [-0.4, -0.2) is 24.3 Å². The van der Waals surface area contributed by atoms with Gasteiger partial charge in [-0.2, -0.15) is 13.2 Å². The molecule has 0 aliphatic heterocycles. The van der Waals surface area contributed by atoms with Gasteiger partial charge >= 0.3 is 6.18 Å². The maximum absolute atomic E-state index is 12.3. The number of halogens is 4. The standard InChI is InChI=1S/C10H12ClF3N2O/c1-6(10(12,13)14)17-9-8(11)3-7(4-15-2)5-16-9/h3,5-6,15H,4H2,1-2H3. The Morgan fingerprint density at radius 1 is 1.53 bits per heavy atom. The summed E-state index contributed by atoms with van der Waals surface area (Å²) in [7, 11) is 1.74. The summed E-state index contributed by atoms with van der Waals surface area (Å²) >= 11 is 5.78. The molecule has 1 aromatic heterocycles. The monoisotopic (exact) mass is 268 g/mol. The molecule has 1 N–H and O–H groups in total. The third-order valence-corrected chi connectivity index (χ3v) is 2.27. The van der Waals surface area contributed by atoms with Crippen molar-refractivity contribution in [2.24, 2.45) is 0 Å². The summed E-state index contributed by atoms with van der Waals surface area (Å²) in [5, 5.41) is 2.94. The summed E-state index contributed by atoms with van der Waals surface area (Å²) in [6.07, 6.45) is -4.96. The Hall–Kier alpha value is -1.01.